The van der Waals surface area contributed by atoms with Crippen LogP contribution < -0.4 is 20.3 Å². The molecule has 31 heavy (non-hydrogen) atoms. The number of para-hydroxylation sites is 1. The lowest BCUT2D eigenvalue weighted by Gasteiger charge is -2.35. The number of carbonyl (C=O) groups excluding carboxylic acids is 2. The van der Waals surface area contributed by atoms with Crippen molar-refractivity contribution in [3.05, 3.63) is 59.7 Å². The second kappa shape index (κ2) is 10.8. The maximum Gasteiger partial charge on any atom is 0.253 e. The second-order valence-corrected chi connectivity index (χ2v) is 8.04. The van der Waals surface area contributed by atoms with E-state index in [2.05, 4.69) is 15.5 Å². The first-order chi connectivity index (χ1) is 15.0. The summed E-state index contributed by atoms with van der Waals surface area (Å²) in [6.45, 7) is 2.97. The van der Waals surface area contributed by atoms with Crippen LogP contribution in [0.3, 0.4) is 0 Å². The molecule has 2 amide bonds. The lowest BCUT2D eigenvalue weighted by molar-refractivity contribution is 0.0929. The molecule has 3 rings (SSSR count). The Kier molecular flexibility index (Phi) is 7.89. The van der Waals surface area contributed by atoms with Gasteiger partial charge in [-0.2, -0.15) is 0 Å². The van der Waals surface area contributed by atoms with Crippen molar-refractivity contribution in [3.8, 4) is 5.75 Å². The van der Waals surface area contributed by atoms with E-state index in [0.717, 1.165) is 38.2 Å². The molecule has 0 aliphatic carbocycles. The smallest absolute Gasteiger partial charge is 0.253 e. The van der Waals surface area contributed by atoms with Gasteiger partial charge >= 0.3 is 0 Å². The number of benzene rings is 2. The molecule has 0 bridgehead atoms. The molecule has 2 aromatic rings. The van der Waals surface area contributed by atoms with Gasteiger partial charge in [0, 0.05) is 43.5 Å². The number of ether oxygens (including phenoxy) is 1. The molecule has 1 aliphatic heterocycles. The standard InChI is InChI=1S/C24H32N4O3/c1-27(2)16-13-25-24(30)21-9-4-5-10-22(21)28-14-11-19(12-15-28)26-23(29)18-7-6-8-20(17-18)31-3/h4-10,17,19H,11-16H2,1-3H3,(H,25,30)(H,26,29). The summed E-state index contributed by atoms with van der Waals surface area (Å²) in [6.07, 6.45) is 1.65. The first-order valence-corrected chi connectivity index (χ1v) is 10.7. The molecule has 7 heteroatoms. The Bertz CT molecular complexity index is 892. The SMILES string of the molecule is COc1cccc(C(=O)NC2CCN(c3ccccc3C(=O)NCCN(C)C)CC2)c1. The summed E-state index contributed by atoms with van der Waals surface area (Å²) in [5.41, 5.74) is 2.24. The number of piperidine rings is 1. The zero-order valence-electron chi connectivity index (χ0n) is 18.6. The Morgan fingerprint density at radius 2 is 1.81 bits per heavy atom. The molecule has 1 aliphatic rings. The van der Waals surface area contributed by atoms with E-state index in [0.29, 0.717) is 23.4 Å². The quantitative estimate of drug-likeness (QED) is 0.681. The van der Waals surface area contributed by atoms with Gasteiger partial charge in [-0.3, -0.25) is 9.59 Å². The number of nitrogens with one attached hydrogen (secondary N) is 2. The van der Waals surface area contributed by atoms with E-state index in [4.69, 9.17) is 4.74 Å². The van der Waals surface area contributed by atoms with E-state index in [1.54, 1.807) is 19.2 Å². The number of hydrogen-bond acceptors (Lipinski definition) is 5. The molecule has 2 aromatic carbocycles. The predicted molar refractivity (Wildman–Crippen MR) is 123 cm³/mol. The summed E-state index contributed by atoms with van der Waals surface area (Å²) in [5.74, 6) is 0.534. The van der Waals surface area contributed by atoms with Crippen molar-refractivity contribution in [2.45, 2.75) is 18.9 Å². The highest BCUT2D eigenvalue weighted by Crippen LogP contribution is 2.24. The molecule has 0 spiro atoms. The first-order valence-electron chi connectivity index (χ1n) is 10.7. The van der Waals surface area contributed by atoms with Gasteiger partial charge in [-0.25, -0.2) is 0 Å². The van der Waals surface area contributed by atoms with E-state index in [9.17, 15) is 9.59 Å². The number of hydrogen-bond donors (Lipinski definition) is 2. The molecular formula is C24H32N4O3. The highest BCUT2D eigenvalue weighted by Gasteiger charge is 2.24. The first kappa shape index (κ1) is 22.6. The fourth-order valence-electron chi connectivity index (χ4n) is 3.73. The molecule has 0 atom stereocenters. The summed E-state index contributed by atoms with van der Waals surface area (Å²) in [4.78, 5) is 29.5. The van der Waals surface area contributed by atoms with Gasteiger partial charge < -0.3 is 25.2 Å². The Balaban J connectivity index is 1.57. The van der Waals surface area contributed by atoms with E-state index < -0.39 is 0 Å². The lowest BCUT2D eigenvalue weighted by Crippen LogP contribution is -2.45. The van der Waals surface area contributed by atoms with Crippen LogP contribution in [-0.2, 0) is 0 Å². The molecular weight excluding hydrogens is 392 g/mol. The zero-order valence-corrected chi connectivity index (χ0v) is 18.6. The van der Waals surface area contributed by atoms with Crippen molar-refractivity contribution in [3.63, 3.8) is 0 Å². The van der Waals surface area contributed by atoms with Gasteiger partial charge in [0.05, 0.1) is 12.7 Å². The molecule has 0 saturated carbocycles. The summed E-state index contributed by atoms with van der Waals surface area (Å²) in [6, 6.07) is 15.0. The van der Waals surface area contributed by atoms with Crippen LogP contribution in [0.2, 0.25) is 0 Å². The minimum Gasteiger partial charge on any atom is -0.497 e. The minimum atomic E-state index is -0.0852. The van der Waals surface area contributed by atoms with Gasteiger partial charge in [0.1, 0.15) is 5.75 Å². The van der Waals surface area contributed by atoms with Crippen LogP contribution in [0.15, 0.2) is 48.5 Å². The van der Waals surface area contributed by atoms with Gasteiger partial charge in [-0.15, -0.1) is 0 Å². The van der Waals surface area contributed by atoms with Crippen LogP contribution in [0.5, 0.6) is 5.75 Å². The third-order valence-electron chi connectivity index (χ3n) is 5.50. The molecule has 166 valence electrons. The van der Waals surface area contributed by atoms with Gasteiger partial charge in [0.2, 0.25) is 0 Å². The van der Waals surface area contributed by atoms with Gasteiger partial charge in [-0.1, -0.05) is 18.2 Å². The Labute approximate surface area is 184 Å². The molecule has 1 saturated heterocycles. The number of anilines is 1. The highest BCUT2D eigenvalue weighted by molar-refractivity contribution is 5.99. The fraction of sp³-hybridized carbons (Fsp3) is 0.417. The number of amides is 2. The van der Waals surface area contributed by atoms with E-state index in [-0.39, 0.29) is 17.9 Å². The fourth-order valence-corrected chi connectivity index (χ4v) is 3.73. The van der Waals surface area contributed by atoms with E-state index >= 15 is 0 Å². The summed E-state index contributed by atoms with van der Waals surface area (Å²) in [7, 11) is 5.56. The van der Waals surface area contributed by atoms with Crippen LogP contribution in [0.25, 0.3) is 0 Å². The number of likely N-dealkylation sites (N-methyl/N-ethyl adjacent to an activating group) is 1. The summed E-state index contributed by atoms with van der Waals surface area (Å²) in [5, 5.41) is 6.13. The molecule has 1 fully saturated rings. The minimum absolute atomic E-state index is 0.0501. The average Bonchev–Trinajstić information content (AvgIpc) is 2.79. The zero-order chi connectivity index (χ0) is 22.2. The summed E-state index contributed by atoms with van der Waals surface area (Å²) < 4.78 is 5.20. The second-order valence-electron chi connectivity index (χ2n) is 8.04. The van der Waals surface area contributed by atoms with E-state index in [1.807, 2.05) is 55.4 Å². The van der Waals surface area contributed by atoms with Crippen LogP contribution in [-0.4, -0.2) is 70.1 Å². The summed E-state index contributed by atoms with van der Waals surface area (Å²) >= 11 is 0. The van der Waals surface area contributed by atoms with Gasteiger partial charge in [0.25, 0.3) is 11.8 Å². The van der Waals surface area contributed by atoms with Gasteiger partial charge in [-0.05, 0) is 57.3 Å². The van der Waals surface area contributed by atoms with Crippen molar-refractivity contribution >= 4 is 17.5 Å². The molecule has 7 nitrogen and oxygen atoms in total. The third-order valence-corrected chi connectivity index (χ3v) is 5.50. The van der Waals surface area contributed by atoms with E-state index in [1.165, 1.54) is 0 Å². The Morgan fingerprint density at radius 3 is 2.52 bits per heavy atom. The molecule has 0 radical (unpaired) electrons. The molecule has 1 heterocycles. The van der Waals surface area contributed by atoms with Crippen molar-refractivity contribution in [1.29, 1.82) is 0 Å². The largest absolute Gasteiger partial charge is 0.497 e. The topological polar surface area (TPSA) is 73.9 Å². The number of nitrogens with zero attached hydrogens (tertiary/aromatic N) is 2. The predicted octanol–water partition coefficient (Wildman–Crippen LogP) is 2.39. The van der Waals surface area contributed by atoms with Crippen LogP contribution in [0.4, 0.5) is 5.69 Å². The monoisotopic (exact) mass is 424 g/mol. The average molecular weight is 425 g/mol. The van der Waals surface area contributed by atoms with Crippen molar-refractivity contribution in [2.75, 3.05) is 52.3 Å². The molecule has 0 aromatic heterocycles. The van der Waals surface area contributed by atoms with Crippen LogP contribution >= 0.6 is 0 Å². The lowest BCUT2D eigenvalue weighted by atomic mass is 10.0. The molecule has 2 N–H and O–H groups in total. The Hall–Kier alpha value is -3.06. The third kappa shape index (κ3) is 6.21. The normalized spacial score (nSPS) is 14.4. The number of rotatable bonds is 8. The maximum atomic E-state index is 12.7. The number of carbonyl (C=O) groups is 2. The number of methoxy groups -OCH3 is 1. The van der Waals surface area contributed by atoms with Crippen molar-refractivity contribution in [1.82, 2.24) is 15.5 Å². The van der Waals surface area contributed by atoms with Crippen LogP contribution in [0, 0.1) is 0 Å². The van der Waals surface area contributed by atoms with Crippen LogP contribution in [0.1, 0.15) is 33.6 Å². The Morgan fingerprint density at radius 1 is 1.06 bits per heavy atom. The maximum absolute atomic E-state index is 12.7. The van der Waals surface area contributed by atoms with Gasteiger partial charge in [0.15, 0.2) is 0 Å². The van der Waals surface area contributed by atoms with Crippen molar-refractivity contribution in [2.24, 2.45) is 0 Å². The molecule has 0 unspecified atom stereocenters. The highest BCUT2D eigenvalue weighted by atomic mass is 16.5. The van der Waals surface area contributed by atoms with Crippen molar-refractivity contribution < 1.29 is 14.3 Å².